The summed E-state index contributed by atoms with van der Waals surface area (Å²) in [5.74, 6) is 0. The van der Waals surface area contributed by atoms with Crippen molar-refractivity contribution in [2.45, 2.75) is 19.6 Å². The number of aryl methyl sites for hydroxylation is 1. The molecule has 2 aromatic heterocycles. The lowest BCUT2D eigenvalue weighted by molar-refractivity contribution is 0.207. The normalized spacial score (nSPS) is 12.5. The molecule has 3 aromatic rings. The molecule has 5 nitrogen and oxygen atoms in total. The Morgan fingerprint density at radius 3 is 2.67 bits per heavy atom. The van der Waals surface area contributed by atoms with Gasteiger partial charge < -0.3 is 5.11 Å². The molecule has 3 rings (SSSR count). The fourth-order valence-corrected chi connectivity index (χ4v) is 2.77. The Morgan fingerprint density at radius 2 is 1.95 bits per heavy atom. The Balaban J connectivity index is 1.94. The summed E-state index contributed by atoms with van der Waals surface area (Å²) < 4.78 is 4.32. The van der Waals surface area contributed by atoms with E-state index in [0.717, 1.165) is 21.4 Å². The second kappa shape index (κ2) is 5.83. The zero-order valence-corrected chi connectivity index (χ0v) is 13.1. The minimum absolute atomic E-state index is 0.699. The number of hydrogen-bond donors (Lipinski definition) is 1. The Kier molecular flexibility index (Phi) is 3.90. The molecule has 6 heteroatoms. The summed E-state index contributed by atoms with van der Waals surface area (Å²) in [4.78, 5) is 0. The highest BCUT2D eigenvalue weighted by molar-refractivity contribution is 9.10. The molecule has 0 bridgehead atoms. The van der Waals surface area contributed by atoms with Gasteiger partial charge in [0, 0.05) is 18.3 Å². The molecule has 0 spiro atoms. The molecule has 21 heavy (non-hydrogen) atoms. The van der Waals surface area contributed by atoms with Gasteiger partial charge >= 0.3 is 0 Å². The van der Waals surface area contributed by atoms with Crippen molar-refractivity contribution in [2.75, 3.05) is 0 Å². The van der Waals surface area contributed by atoms with Crippen LogP contribution in [0.2, 0.25) is 0 Å². The summed E-state index contributed by atoms with van der Waals surface area (Å²) in [6, 6.07) is 9.80. The predicted octanol–water partition coefficient (Wildman–Crippen LogP) is 2.93. The number of hydrogen-bond acceptors (Lipinski definition) is 3. The molecule has 0 amide bonds. The highest BCUT2D eigenvalue weighted by Gasteiger charge is 2.20. The van der Waals surface area contributed by atoms with Gasteiger partial charge in [-0.15, -0.1) is 0 Å². The molecule has 1 N–H and O–H groups in total. The lowest BCUT2D eigenvalue weighted by Gasteiger charge is -2.11. The number of para-hydroxylation sites is 1. The minimum Gasteiger partial charge on any atom is -0.382 e. The molecular formula is C15H15BrN4O. The predicted molar refractivity (Wildman–Crippen MR) is 83.2 cm³/mol. The van der Waals surface area contributed by atoms with Gasteiger partial charge in [0.25, 0.3) is 0 Å². The maximum atomic E-state index is 10.6. The van der Waals surface area contributed by atoms with Crippen molar-refractivity contribution in [1.29, 1.82) is 0 Å². The summed E-state index contributed by atoms with van der Waals surface area (Å²) in [5, 5.41) is 19.1. The standard InChI is InChI=1S/C15H15BrN4O/c1-2-19-14(13(16)9-18-19)15(21)11-8-17-20(10-11)12-6-4-3-5-7-12/h3-10,15,21H,2H2,1H3. The topological polar surface area (TPSA) is 55.9 Å². The summed E-state index contributed by atoms with van der Waals surface area (Å²) in [6.45, 7) is 2.69. The second-order valence-corrected chi connectivity index (χ2v) is 5.50. The van der Waals surface area contributed by atoms with Crippen molar-refractivity contribution in [3.05, 3.63) is 64.7 Å². The lowest BCUT2D eigenvalue weighted by Crippen LogP contribution is -2.09. The van der Waals surface area contributed by atoms with Crippen molar-refractivity contribution in [1.82, 2.24) is 19.6 Å². The third-order valence-corrected chi connectivity index (χ3v) is 3.94. The summed E-state index contributed by atoms with van der Waals surface area (Å²) in [6.07, 6.45) is 4.44. The van der Waals surface area contributed by atoms with Crippen LogP contribution in [-0.4, -0.2) is 24.7 Å². The van der Waals surface area contributed by atoms with E-state index in [4.69, 9.17) is 0 Å². The second-order valence-electron chi connectivity index (χ2n) is 4.65. The Labute approximate surface area is 131 Å². The molecule has 0 saturated heterocycles. The van der Waals surface area contributed by atoms with E-state index in [9.17, 15) is 5.11 Å². The zero-order chi connectivity index (χ0) is 14.8. The summed E-state index contributed by atoms with van der Waals surface area (Å²) in [7, 11) is 0. The molecule has 0 aliphatic rings. The van der Waals surface area contributed by atoms with E-state index in [1.165, 1.54) is 0 Å². The average molecular weight is 347 g/mol. The zero-order valence-electron chi connectivity index (χ0n) is 11.5. The number of halogens is 1. The fourth-order valence-electron chi connectivity index (χ4n) is 2.25. The molecular weight excluding hydrogens is 332 g/mol. The van der Waals surface area contributed by atoms with E-state index >= 15 is 0 Å². The van der Waals surface area contributed by atoms with E-state index < -0.39 is 6.10 Å². The third-order valence-electron chi connectivity index (χ3n) is 3.33. The van der Waals surface area contributed by atoms with Crippen LogP contribution in [-0.2, 0) is 6.54 Å². The van der Waals surface area contributed by atoms with E-state index in [1.807, 2.05) is 43.5 Å². The largest absolute Gasteiger partial charge is 0.382 e. The maximum absolute atomic E-state index is 10.6. The lowest BCUT2D eigenvalue weighted by atomic mass is 10.1. The highest BCUT2D eigenvalue weighted by atomic mass is 79.9. The van der Waals surface area contributed by atoms with Crippen molar-refractivity contribution >= 4 is 15.9 Å². The maximum Gasteiger partial charge on any atom is 0.125 e. The first-order chi connectivity index (χ1) is 10.2. The Morgan fingerprint density at radius 1 is 1.19 bits per heavy atom. The molecule has 0 radical (unpaired) electrons. The van der Waals surface area contributed by atoms with Crippen LogP contribution in [0.4, 0.5) is 0 Å². The Bertz CT molecular complexity index is 735. The van der Waals surface area contributed by atoms with Crippen molar-refractivity contribution in [2.24, 2.45) is 0 Å². The van der Waals surface area contributed by atoms with Gasteiger partial charge in [-0.25, -0.2) is 4.68 Å². The summed E-state index contributed by atoms with van der Waals surface area (Å²) in [5.41, 5.74) is 2.43. The molecule has 0 fully saturated rings. The van der Waals surface area contributed by atoms with Crippen LogP contribution in [0, 0.1) is 0 Å². The van der Waals surface area contributed by atoms with Crippen LogP contribution in [0.1, 0.15) is 24.3 Å². The van der Waals surface area contributed by atoms with Crippen LogP contribution in [0.3, 0.4) is 0 Å². The molecule has 1 aromatic carbocycles. The van der Waals surface area contributed by atoms with Crippen LogP contribution < -0.4 is 0 Å². The smallest absolute Gasteiger partial charge is 0.125 e. The monoisotopic (exact) mass is 346 g/mol. The van der Waals surface area contributed by atoms with E-state index in [-0.39, 0.29) is 0 Å². The molecule has 108 valence electrons. The summed E-state index contributed by atoms with van der Waals surface area (Å²) >= 11 is 3.44. The Hall–Kier alpha value is -1.92. The number of nitrogens with zero attached hydrogens (tertiary/aromatic N) is 4. The first kappa shape index (κ1) is 14.0. The molecule has 1 unspecified atom stereocenters. The number of aliphatic hydroxyl groups excluding tert-OH is 1. The van der Waals surface area contributed by atoms with Gasteiger partial charge in [-0.2, -0.15) is 10.2 Å². The molecule has 0 saturated carbocycles. The first-order valence-electron chi connectivity index (χ1n) is 6.70. The number of aliphatic hydroxyl groups is 1. The first-order valence-corrected chi connectivity index (χ1v) is 7.49. The van der Waals surface area contributed by atoms with Gasteiger partial charge in [0.15, 0.2) is 0 Å². The molecule has 1 atom stereocenters. The fraction of sp³-hybridized carbons (Fsp3) is 0.200. The van der Waals surface area contributed by atoms with Gasteiger partial charge in [0.1, 0.15) is 6.10 Å². The van der Waals surface area contributed by atoms with Crippen molar-refractivity contribution in [3.8, 4) is 5.69 Å². The number of aromatic nitrogens is 4. The van der Waals surface area contributed by atoms with Crippen LogP contribution in [0.5, 0.6) is 0 Å². The molecule has 0 aliphatic carbocycles. The average Bonchev–Trinajstić information content (AvgIpc) is 3.14. The van der Waals surface area contributed by atoms with Crippen LogP contribution in [0.15, 0.2) is 53.4 Å². The van der Waals surface area contributed by atoms with E-state index in [0.29, 0.717) is 6.54 Å². The minimum atomic E-state index is -0.765. The van der Waals surface area contributed by atoms with Gasteiger partial charge in [-0.1, -0.05) is 18.2 Å². The van der Waals surface area contributed by atoms with Gasteiger partial charge in [0.2, 0.25) is 0 Å². The van der Waals surface area contributed by atoms with E-state index in [2.05, 4.69) is 26.1 Å². The SMILES string of the molecule is CCn1ncc(Br)c1C(O)c1cnn(-c2ccccc2)c1. The molecule has 2 heterocycles. The third kappa shape index (κ3) is 2.64. The highest BCUT2D eigenvalue weighted by Crippen LogP contribution is 2.28. The molecule has 0 aliphatic heterocycles. The van der Waals surface area contributed by atoms with Crippen LogP contribution >= 0.6 is 15.9 Å². The van der Waals surface area contributed by atoms with Crippen molar-refractivity contribution < 1.29 is 5.11 Å². The van der Waals surface area contributed by atoms with Gasteiger partial charge in [-0.05, 0) is 35.0 Å². The van der Waals surface area contributed by atoms with Gasteiger partial charge in [-0.3, -0.25) is 4.68 Å². The van der Waals surface area contributed by atoms with Crippen LogP contribution in [0.25, 0.3) is 5.69 Å². The number of rotatable bonds is 4. The number of benzene rings is 1. The quantitative estimate of drug-likeness (QED) is 0.790. The van der Waals surface area contributed by atoms with Gasteiger partial charge in [0.05, 0.1) is 28.2 Å². The van der Waals surface area contributed by atoms with Crippen molar-refractivity contribution in [3.63, 3.8) is 0 Å². The van der Waals surface area contributed by atoms with E-state index in [1.54, 1.807) is 21.8 Å².